The van der Waals surface area contributed by atoms with Crippen LogP contribution in [0.25, 0.3) is 11.0 Å². The van der Waals surface area contributed by atoms with Gasteiger partial charge in [-0.1, -0.05) is 43.7 Å². The molecule has 2 N–H and O–H groups in total. The van der Waals surface area contributed by atoms with Crippen LogP contribution in [0.3, 0.4) is 0 Å². The number of hydrogen-bond acceptors (Lipinski definition) is 2. The highest BCUT2D eigenvalue weighted by atomic mass is 35.5. The molecule has 1 aromatic heterocycles. The van der Waals surface area contributed by atoms with Crippen molar-refractivity contribution in [1.82, 2.24) is 15.3 Å². The van der Waals surface area contributed by atoms with Crippen molar-refractivity contribution >= 4 is 40.1 Å². The maximum Gasteiger partial charge on any atom is 0.229 e. The van der Waals surface area contributed by atoms with Crippen molar-refractivity contribution in [3.63, 3.8) is 0 Å². The number of nitrogens with one attached hydrogen (secondary N) is 2. The zero-order valence-corrected chi connectivity index (χ0v) is 15.0. The number of carbonyl (C=O) groups is 1. The molecule has 0 saturated heterocycles. The number of fused-ring (bicyclic) bond motifs is 1. The molecule has 0 saturated carbocycles. The van der Waals surface area contributed by atoms with Crippen LogP contribution in [0.1, 0.15) is 25.7 Å². The van der Waals surface area contributed by atoms with E-state index in [1.165, 1.54) is 0 Å². The molecule has 3 rings (SSSR count). The quantitative estimate of drug-likeness (QED) is 0.795. The Kier molecular flexibility index (Phi) is 4.97. The number of aromatic nitrogens is 2. The first-order chi connectivity index (χ1) is 11.5. The molecule has 24 heavy (non-hydrogen) atoms. The molecule has 126 valence electrons. The van der Waals surface area contributed by atoms with Crippen molar-refractivity contribution in [3.05, 3.63) is 53.4 Å². The predicted molar refractivity (Wildman–Crippen MR) is 98.0 cm³/mol. The van der Waals surface area contributed by atoms with Crippen LogP contribution < -0.4 is 5.32 Å². The summed E-state index contributed by atoms with van der Waals surface area (Å²) >= 11 is 12.2. The lowest BCUT2D eigenvalue weighted by atomic mass is 9.97. The molecular weight excluding hydrogens is 345 g/mol. The number of allylic oxidation sites excluding steroid dienone is 3. The maximum atomic E-state index is 12.7. The third-order valence-corrected chi connectivity index (χ3v) is 4.74. The van der Waals surface area contributed by atoms with E-state index in [2.05, 4.69) is 15.3 Å². The number of aromatic amines is 1. The molecule has 3 atom stereocenters. The van der Waals surface area contributed by atoms with Crippen molar-refractivity contribution in [3.8, 4) is 0 Å². The third kappa shape index (κ3) is 3.50. The Bertz CT molecular complexity index is 776. The van der Waals surface area contributed by atoms with Crippen LogP contribution in [0.15, 0.2) is 47.5 Å². The summed E-state index contributed by atoms with van der Waals surface area (Å²) < 4.78 is 0. The summed E-state index contributed by atoms with van der Waals surface area (Å²) in [6.45, 7) is 4.09. The molecule has 4 nitrogen and oxygen atoms in total. The van der Waals surface area contributed by atoms with Gasteiger partial charge in [0, 0.05) is 5.03 Å². The number of H-pyrrole nitrogens is 1. The Morgan fingerprint density at radius 1 is 1.33 bits per heavy atom. The van der Waals surface area contributed by atoms with Gasteiger partial charge < -0.3 is 10.3 Å². The molecule has 1 aliphatic carbocycles. The summed E-state index contributed by atoms with van der Waals surface area (Å²) in [6.07, 6.45) is 5.13. The Balaban J connectivity index is 1.82. The fourth-order valence-corrected chi connectivity index (χ4v) is 3.37. The van der Waals surface area contributed by atoms with Gasteiger partial charge >= 0.3 is 0 Å². The van der Waals surface area contributed by atoms with Crippen LogP contribution in [0.5, 0.6) is 0 Å². The lowest BCUT2D eigenvalue weighted by molar-refractivity contribution is -0.124. The van der Waals surface area contributed by atoms with Gasteiger partial charge in [0.2, 0.25) is 5.91 Å². The van der Waals surface area contributed by atoms with Gasteiger partial charge in [-0.05, 0) is 30.2 Å². The van der Waals surface area contributed by atoms with Crippen LogP contribution in [0, 0.1) is 11.8 Å². The van der Waals surface area contributed by atoms with Gasteiger partial charge in [-0.25, -0.2) is 4.98 Å². The monoisotopic (exact) mass is 363 g/mol. The summed E-state index contributed by atoms with van der Waals surface area (Å²) in [5, 5.41) is 3.17. The summed E-state index contributed by atoms with van der Waals surface area (Å²) in [5.41, 5.74) is 1.84. The van der Waals surface area contributed by atoms with Gasteiger partial charge in [-0.3, -0.25) is 4.79 Å². The van der Waals surface area contributed by atoms with E-state index in [1.54, 1.807) is 18.2 Å². The highest BCUT2D eigenvalue weighted by molar-refractivity contribution is 6.33. The average Bonchev–Trinajstić information content (AvgIpc) is 2.95. The standard InChI is InChI=1S/C18H19Cl2N3O/c1-10(2)16(17-21-14-5-3-4-6-15(14)22-17)23-18(24)12-8-7-11(19)9-13(12)20/h3-10,12-13,16H,1-2H3,(H,21,22)(H,23,24)/t12-,13+,16-/m1/s1. The smallest absolute Gasteiger partial charge is 0.229 e. The highest BCUT2D eigenvalue weighted by Crippen LogP contribution is 2.27. The lowest BCUT2D eigenvalue weighted by Crippen LogP contribution is -2.39. The van der Waals surface area contributed by atoms with Gasteiger partial charge in [-0.15, -0.1) is 11.6 Å². The molecule has 6 heteroatoms. The molecule has 1 aliphatic rings. The SMILES string of the molecule is CC(C)[C@@H](NC(=O)[C@@H]1C=CC(Cl)=C[C@@H]1Cl)c1nc2ccccc2[nH]1. The average molecular weight is 364 g/mol. The minimum absolute atomic E-state index is 0.133. The van der Waals surface area contributed by atoms with Crippen molar-refractivity contribution in [2.45, 2.75) is 25.3 Å². The molecule has 0 bridgehead atoms. The topological polar surface area (TPSA) is 57.8 Å². The molecule has 0 aliphatic heterocycles. The zero-order chi connectivity index (χ0) is 17.3. The lowest BCUT2D eigenvalue weighted by Gasteiger charge is -2.25. The largest absolute Gasteiger partial charge is 0.345 e. The second-order valence-electron chi connectivity index (χ2n) is 6.25. The number of amides is 1. The summed E-state index contributed by atoms with van der Waals surface area (Å²) in [6, 6.07) is 7.59. The third-order valence-electron chi connectivity index (χ3n) is 4.09. The minimum Gasteiger partial charge on any atom is -0.345 e. The number of imidazole rings is 1. The van der Waals surface area contributed by atoms with Gasteiger partial charge in [0.25, 0.3) is 0 Å². The molecule has 0 spiro atoms. The second kappa shape index (κ2) is 6.99. The normalized spacial score (nSPS) is 21.8. The highest BCUT2D eigenvalue weighted by Gasteiger charge is 2.29. The molecule has 0 radical (unpaired) electrons. The first-order valence-electron chi connectivity index (χ1n) is 7.90. The number of para-hydroxylation sites is 2. The number of nitrogens with zero attached hydrogens (tertiary/aromatic N) is 1. The molecule has 2 aromatic rings. The number of hydrogen-bond donors (Lipinski definition) is 2. The van der Waals surface area contributed by atoms with Gasteiger partial charge in [-0.2, -0.15) is 0 Å². The van der Waals surface area contributed by atoms with Crippen LogP contribution in [0.2, 0.25) is 0 Å². The van der Waals surface area contributed by atoms with Crippen LogP contribution in [-0.4, -0.2) is 21.3 Å². The van der Waals surface area contributed by atoms with Crippen molar-refractivity contribution < 1.29 is 4.79 Å². The maximum absolute atomic E-state index is 12.7. The Morgan fingerprint density at radius 2 is 2.08 bits per heavy atom. The molecule has 1 aromatic carbocycles. The van der Waals surface area contributed by atoms with Gasteiger partial charge in [0.1, 0.15) is 5.82 Å². The number of carbonyl (C=O) groups excluding carboxylic acids is 1. The predicted octanol–water partition coefficient (Wildman–Crippen LogP) is 4.29. The van der Waals surface area contributed by atoms with Crippen LogP contribution in [-0.2, 0) is 4.79 Å². The van der Waals surface area contributed by atoms with E-state index in [0.29, 0.717) is 5.03 Å². The van der Waals surface area contributed by atoms with E-state index in [0.717, 1.165) is 16.9 Å². The zero-order valence-electron chi connectivity index (χ0n) is 13.5. The Morgan fingerprint density at radius 3 is 2.75 bits per heavy atom. The number of rotatable bonds is 4. The number of alkyl halides is 1. The van der Waals surface area contributed by atoms with E-state index in [4.69, 9.17) is 23.2 Å². The van der Waals surface area contributed by atoms with Crippen LogP contribution in [0.4, 0.5) is 0 Å². The van der Waals surface area contributed by atoms with Crippen molar-refractivity contribution in [1.29, 1.82) is 0 Å². The Labute approximate surface area is 150 Å². The summed E-state index contributed by atoms with van der Waals surface area (Å²) in [7, 11) is 0. The molecule has 1 amide bonds. The molecule has 1 heterocycles. The second-order valence-corrected chi connectivity index (χ2v) is 7.19. The Hall–Kier alpha value is -1.78. The van der Waals surface area contributed by atoms with E-state index in [9.17, 15) is 4.79 Å². The van der Waals surface area contributed by atoms with E-state index >= 15 is 0 Å². The molecular formula is C18H19Cl2N3O. The fourth-order valence-electron chi connectivity index (χ4n) is 2.77. The summed E-state index contributed by atoms with van der Waals surface area (Å²) in [5.74, 6) is 0.347. The van der Waals surface area contributed by atoms with Gasteiger partial charge in [0.05, 0.1) is 28.4 Å². The molecule has 0 fully saturated rings. The summed E-state index contributed by atoms with van der Waals surface area (Å²) in [4.78, 5) is 20.6. The first kappa shape index (κ1) is 17.1. The van der Waals surface area contributed by atoms with Crippen LogP contribution >= 0.6 is 23.2 Å². The molecule has 0 unspecified atom stereocenters. The van der Waals surface area contributed by atoms with E-state index in [-0.39, 0.29) is 17.9 Å². The van der Waals surface area contributed by atoms with E-state index in [1.807, 2.05) is 38.1 Å². The van der Waals surface area contributed by atoms with Crippen molar-refractivity contribution in [2.75, 3.05) is 0 Å². The number of benzene rings is 1. The fraction of sp³-hybridized carbons (Fsp3) is 0.333. The van der Waals surface area contributed by atoms with E-state index < -0.39 is 11.3 Å². The number of halogens is 2. The van der Waals surface area contributed by atoms with Gasteiger partial charge in [0.15, 0.2) is 0 Å². The van der Waals surface area contributed by atoms with Crippen molar-refractivity contribution in [2.24, 2.45) is 11.8 Å². The minimum atomic E-state index is -0.453. The first-order valence-corrected chi connectivity index (χ1v) is 8.72.